The summed E-state index contributed by atoms with van der Waals surface area (Å²) in [6.07, 6.45) is 1.58. The van der Waals surface area contributed by atoms with E-state index in [0.717, 1.165) is 39.0 Å². The molecule has 3 aromatic rings. The van der Waals surface area contributed by atoms with Crippen molar-refractivity contribution in [3.63, 3.8) is 0 Å². The zero-order valence-corrected chi connectivity index (χ0v) is 16.6. The van der Waals surface area contributed by atoms with E-state index < -0.39 is 0 Å². The summed E-state index contributed by atoms with van der Waals surface area (Å²) >= 11 is 1.43. The Labute approximate surface area is 162 Å². The molecule has 0 aliphatic rings. The summed E-state index contributed by atoms with van der Waals surface area (Å²) in [4.78, 5) is 28.6. The first-order valence-electron chi connectivity index (χ1n) is 9.01. The van der Waals surface area contributed by atoms with Crippen molar-refractivity contribution in [1.82, 2.24) is 4.98 Å². The van der Waals surface area contributed by atoms with E-state index in [1.165, 1.54) is 11.3 Å². The summed E-state index contributed by atoms with van der Waals surface area (Å²) < 4.78 is 0.958. The Balaban J connectivity index is 1.71. The number of thiazole rings is 1. The molecule has 0 unspecified atom stereocenters. The number of hydrogen-bond donors (Lipinski definition) is 2. The highest BCUT2D eigenvalue weighted by atomic mass is 32.1. The molecule has 0 fully saturated rings. The molecule has 0 aliphatic carbocycles. The van der Waals surface area contributed by atoms with Gasteiger partial charge in [-0.05, 0) is 49.1 Å². The predicted molar refractivity (Wildman–Crippen MR) is 111 cm³/mol. The van der Waals surface area contributed by atoms with Crippen molar-refractivity contribution < 1.29 is 9.59 Å². The third-order valence-corrected chi connectivity index (χ3v) is 5.22. The summed E-state index contributed by atoms with van der Waals surface area (Å²) in [5, 5.41) is 6.44. The van der Waals surface area contributed by atoms with E-state index in [9.17, 15) is 9.59 Å². The van der Waals surface area contributed by atoms with Gasteiger partial charge in [-0.25, -0.2) is 4.98 Å². The van der Waals surface area contributed by atoms with Crippen LogP contribution in [0.25, 0.3) is 10.2 Å². The Kier molecular flexibility index (Phi) is 5.86. The maximum atomic E-state index is 12.5. The average Bonchev–Trinajstić information content (AvgIpc) is 3.00. The van der Waals surface area contributed by atoms with Crippen LogP contribution in [-0.2, 0) is 16.0 Å². The lowest BCUT2D eigenvalue weighted by Gasteiger charge is -2.11. The summed E-state index contributed by atoms with van der Waals surface area (Å²) in [6, 6.07) is 11.7. The topological polar surface area (TPSA) is 71.1 Å². The molecule has 0 bridgehead atoms. The minimum Gasteiger partial charge on any atom is -0.325 e. The number of benzene rings is 2. The van der Waals surface area contributed by atoms with Crippen LogP contribution in [0.4, 0.5) is 10.8 Å². The van der Waals surface area contributed by atoms with Crippen LogP contribution in [0, 0.1) is 13.8 Å². The number of rotatable bonds is 6. The second-order valence-corrected chi connectivity index (χ2v) is 7.64. The van der Waals surface area contributed by atoms with Crippen LogP contribution in [-0.4, -0.2) is 16.8 Å². The zero-order chi connectivity index (χ0) is 19.4. The van der Waals surface area contributed by atoms with Crippen molar-refractivity contribution in [1.29, 1.82) is 0 Å². The first kappa shape index (κ1) is 19.0. The molecule has 0 spiro atoms. The number of aromatic nitrogens is 1. The Morgan fingerprint density at radius 2 is 1.78 bits per heavy atom. The van der Waals surface area contributed by atoms with E-state index in [1.807, 2.05) is 57.2 Å². The van der Waals surface area contributed by atoms with Crippen molar-refractivity contribution in [2.24, 2.45) is 0 Å². The maximum Gasteiger partial charge on any atom is 0.228 e. The number of hydrogen-bond acceptors (Lipinski definition) is 4. The highest BCUT2D eigenvalue weighted by Crippen LogP contribution is 2.27. The average molecular weight is 382 g/mol. The number of nitrogens with one attached hydrogen (secondary N) is 2. The monoisotopic (exact) mass is 381 g/mol. The minimum absolute atomic E-state index is 0.0234. The van der Waals surface area contributed by atoms with Gasteiger partial charge in [-0.1, -0.05) is 42.5 Å². The second kappa shape index (κ2) is 8.31. The molecular weight excluding hydrogens is 358 g/mol. The van der Waals surface area contributed by atoms with Gasteiger partial charge in [0, 0.05) is 12.1 Å². The standard InChI is InChI=1S/C21H23N3O2S/c1-4-6-18(25)24-21-22-16-10-9-15(11-17(16)27-21)12-19(26)23-20-13(2)7-5-8-14(20)3/h5,7-11H,4,6,12H2,1-3H3,(H,23,26)(H,22,24,25). The molecule has 3 rings (SSSR count). The smallest absolute Gasteiger partial charge is 0.228 e. The lowest BCUT2D eigenvalue weighted by atomic mass is 10.1. The number of fused-ring (bicyclic) bond motifs is 1. The largest absolute Gasteiger partial charge is 0.325 e. The van der Waals surface area contributed by atoms with E-state index in [0.29, 0.717) is 18.0 Å². The van der Waals surface area contributed by atoms with Crippen LogP contribution in [0.5, 0.6) is 0 Å². The van der Waals surface area contributed by atoms with E-state index in [4.69, 9.17) is 0 Å². The van der Waals surface area contributed by atoms with Crippen LogP contribution in [0.15, 0.2) is 36.4 Å². The van der Waals surface area contributed by atoms with Gasteiger partial charge in [0.1, 0.15) is 0 Å². The van der Waals surface area contributed by atoms with E-state index in [1.54, 1.807) is 0 Å². The van der Waals surface area contributed by atoms with Crippen molar-refractivity contribution in [3.8, 4) is 0 Å². The fourth-order valence-electron chi connectivity index (χ4n) is 2.92. The first-order chi connectivity index (χ1) is 13.0. The van der Waals surface area contributed by atoms with Crippen molar-refractivity contribution in [3.05, 3.63) is 53.1 Å². The fraction of sp³-hybridized carbons (Fsp3) is 0.286. The predicted octanol–water partition coefficient (Wildman–Crippen LogP) is 4.83. The van der Waals surface area contributed by atoms with Gasteiger partial charge in [-0.2, -0.15) is 0 Å². The molecule has 1 heterocycles. The first-order valence-corrected chi connectivity index (χ1v) is 9.83. The summed E-state index contributed by atoms with van der Waals surface area (Å²) in [7, 11) is 0. The van der Waals surface area contributed by atoms with Gasteiger partial charge < -0.3 is 10.6 Å². The summed E-state index contributed by atoms with van der Waals surface area (Å²) in [6.45, 7) is 5.94. The SMILES string of the molecule is CCCC(=O)Nc1nc2ccc(CC(=O)Nc3c(C)cccc3C)cc2s1. The fourth-order valence-corrected chi connectivity index (χ4v) is 3.87. The highest BCUT2D eigenvalue weighted by Gasteiger charge is 2.11. The van der Waals surface area contributed by atoms with Gasteiger partial charge in [-0.3, -0.25) is 9.59 Å². The molecule has 0 saturated heterocycles. The molecule has 0 saturated carbocycles. The number of carbonyl (C=O) groups excluding carboxylic acids is 2. The highest BCUT2D eigenvalue weighted by molar-refractivity contribution is 7.22. The Hall–Kier alpha value is -2.73. The normalized spacial score (nSPS) is 10.8. The van der Waals surface area contributed by atoms with Crippen molar-refractivity contribution >= 4 is 44.2 Å². The molecule has 6 heteroatoms. The third-order valence-electron chi connectivity index (χ3n) is 4.29. The number of anilines is 2. The van der Waals surface area contributed by atoms with Crippen LogP contribution in [0.3, 0.4) is 0 Å². The number of nitrogens with zero attached hydrogens (tertiary/aromatic N) is 1. The van der Waals surface area contributed by atoms with Gasteiger partial charge in [0.15, 0.2) is 5.13 Å². The zero-order valence-electron chi connectivity index (χ0n) is 15.8. The molecule has 2 amide bonds. The molecule has 0 atom stereocenters. The number of para-hydroxylation sites is 1. The lowest BCUT2D eigenvalue weighted by molar-refractivity contribution is -0.116. The molecular formula is C21H23N3O2S. The van der Waals surface area contributed by atoms with Crippen LogP contribution >= 0.6 is 11.3 Å². The molecule has 2 N–H and O–H groups in total. The van der Waals surface area contributed by atoms with Crippen molar-refractivity contribution in [2.75, 3.05) is 10.6 Å². The Morgan fingerprint density at radius 1 is 1.04 bits per heavy atom. The van der Waals surface area contributed by atoms with E-state index >= 15 is 0 Å². The van der Waals surface area contributed by atoms with Crippen LogP contribution in [0.1, 0.15) is 36.5 Å². The summed E-state index contributed by atoms with van der Waals surface area (Å²) in [5.74, 6) is -0.0718. The van der Waals surface area contributed by atoms with Gasteiger partial charge in [0.05, 0.1) is 16.6 Å². The molecule has 5 nitrogen and oxygen atoms in total. The van der Waals surface area contributed by atoms with Gasteiger partial charge >= 0.3 is 0 Å². The summed E-state index contributed by atoms with van der Waals surface area (Å²) in [5.41, 5.74) is 4.72. The lowest BCUT2D eigenvalue weighted by Crippen LogP contribution is -2.16. The molecule has 2 aromatic carbocycles. The maximum absolute atomic E-state index is 12.5. The number of carbonyl (C=O) groups is 2. The molecule has 1 aromatic heterocycles. The molecule has 0 radical (unpaired) electrons. The van der Waals surface area contributed by atoms with Crippen LogP contribution < -0.4 is 10.6 Å². The van der Waals surface area contributed by atoms with E-state index in [-0.39, 0.29) is 11.8 Å². The number of amides is 2. The second-order valence-electron chi connectivity index (χ2n) is 6.61. The van der Waals surface area contributed by atoms with Crippen LogP contribution in [0.2, 0.25) is 0 Å². The Bertz CT molecular complexity index is 974. The van der Waals surface area contributed by atoms with Gasteiger partial charge in [0.2, 0.25) is 11.8 Å². The molecule has 140 valence electrons. The molecule has 0 aliphatic heterocycles. The number of aryl methyl sites for hydroxylation is 2. The third kappa shape index (κ3) is 4.71. The van der Waals surface area contributed by atoms with Crippen molar-refractivity contribution in [2.45, 2.75) is 40.0 Å². The minimum atomic E-state index is -0.0484. The quantitative estimate of drug-likeness (QED) is 0.642. The molecule has 27 heavy (non-hydrogen) atoms. The van der Waals surface area contributed by atoms with Gasteiger partial charge in [0.25, 0.3) is 0 Å². The van der Waals surface area contributed by atoms with Gasteiger partial charge in [-0.15, -0.1) is 0 Å². The van der Waals surface area contributed by atoms with E-state index in [2.05, 4.69) is 15.6 Å². The Morgan fingerprint density at radius 3 is 2.48 bits per heavy atom.